The van der Waals surface area contributed by atoms with E-state index < -0.39 is 12.2 Å². The van der Waals surface area contributed by atoms with Gasteiger partial charge in [0.1, 0.15) is 5.52 Å². The zero-order valence-electron chi connectivity index (χ0n) is 11.0. The molecule has 3 rings (SSSR count). The SMILES string of the molecule is CO[C@@H]1[C@H](O)[C@@H](CO)C[C@H]1c1c[nH]c2c(=O)[nH]cnc12. The summed E-state index contributed by atoms with van der Waals surface area (Å²) in [4.78, 5) is 21.3. The van der Waals surface area contributed by atoms with Crippen LogP contribution in [0.15, 0.2) is 17.3 Å². The summed E-state index contributed by atoms with van der Waals surface area (Å²) in [5, 5.41) is 19.5. The highest BCUT2D eigenvalue weighted by molar-refractivity contribution is 5.78. The number of aliphatic hydroxyl groups is 2. The Morgan fingerprint density at radius 1 is 1.50 bits per heavy atom. The molecular formula is C13H17N3O4. The van der Waals surface area contributed by atoms with Crippen LogP contribution in [-0.2, 0) is 4.74 Å². The predicted octanol–water partition coefficient (Wildman–Crippen LogP) is -0.277. The number of nitrogens with one attached hydrogen (secondary N) is 2. The molecule has 1 fully saturated rings. The normalized spacial score (nSPS) is 30.1. The number of fused-ring (bicyclic) bond motifs is 1. The average Bonchev–Trinajstić information content (AvgIpc) is 3.00. The summed E-state index contributed by atoms with van der Waals surface area (Å²) in [6, 6.07) is 0. The summed E-state index contributed by atoms with van der Waals surface area (Å²) < 4.78 is 5.38. The molecule has 0 bridgehead atoms. The molecule has 108 valence electrons. The zero-order chi connectivity index (χ0) is 14.3. The Hall–Kier alpha value is -1.70. The van der Waals surface area contributed by atoms with E-state index in [-0.39, 0.29) is 24.0 Å². The van der Waals surface area contributed by atoms with E-state index in [4.69, 9.17) is 4.74 Å². The first-order valence-corrected chi connectivity index (χ1v) is 6.53. The van der Waals surface area contributed by atoms with Crippen LogP contribution in [0.5, 0.6) is 0 Å². The van der Waals surface area contributed by atoms with E-state index in [9.17, 15) is 15.0 Å². The molecule has 7 nitrogen and oxygen atoms in total. The Labute approximate surface area is 114 Å². The second-order valence-corrected chi connectivity index (χ2v) is 5.18. The molecule has 2 aromatic rings. The predicted molar refractivity (Wildman–Crippen MR) is 71.5 cm³/mol. The molecule has 0 spiro atoms. The zero-order valence-corrected chi connectivity index (χ0v) is 11.0. The molecule has 0 unspecified atom stereocenters. The number of methoxy groups -OCH3 is 1. The molecule has 1 aliphatic rings. The van der Waals surface area contributed by atoms with Crippen molar-refractivity contribution in [3.8, 4) is 0 Å². The van der Waals surface area contributed by atoms with E-state index in [1.165, 1.54) is 13.4 Å². The first-order valence-electron chi connectivity index (χ1n) is 6.53. The highest BCUT2D eigenvalue weighted by Gasteiger charge is 2.44. The van der Waals surface area contributed by atoms with Gasteiger partial charge in [-0.1, -0.05) is 0 Å². The van der Waals surface area contributed by atoms with Crippen LogP contribution in [0.1, 0.15) is 17.9 Å². The summed E-state index contributed by atoms with van der Waals surface area (Å²) in [7, 11) is 1.54. The standard InChI is InChI=1S/C13H17N3O4/c1-20-12-7(2-6(4-17)11(12)18)8-3-14-10-9(8)15-5-16-13(10)19/h3,5-7,11-12,14,17-18H,2,4H2,1H3,(H,15,16,19)/t6-,7+,11-,12+/m1/s1. The maximum absolute atomic E-state index is 11.7. The summed E-state index contributed by atoms with van der Waals surface area (Å²) in [5.41, 5.74) is 1.62. The van der Waals surface area contributed by atoms with E-state index in [0.717, 1.165) is 5.56 Å². The first-order chi connectivity index (χ1) is 9.67. The molecule has 0 radical (unpaired) electrons. The van der Waals surface area contributed by atoms with Gasteiger partial charge in [-0.05, 0) is 6.42 Å². The molecule has 1 aliphatic carbocycles. The minimum absolute atomic E-state index is 0.0894. The Morgan fingerprint density at radius 3 is 3.00 bits per heavy atom. The van der Waals surface area contributed by atoms with Crippen molar-refractivity contribution in [3.63, 3.8) is 0 Å². The third-order valence-corrected chi connectivity index (χ3v) is 4.18. The molecule has 4 atom stereocenters. The number of H-pyrrole nitrogens is 2. The lowest BCUT2D eigenvalue weighted by Gasteiger charge is -2.20. The number of nitrogens with zero attached hydrogens (tertiary/aromatic N) is 1. The van der Waals surface area contributed by atoms with Crippen molar-refractivity contribution in [3.05, 3.63) is 28.4 Å². The van der Waals surface area contributed by atoms with Crippen molar-refractivity contribution < 1.29 is 14.9 Å². The molecule has 20 heavy (non-hydrogen) atoms. The molecule has 7 heteroatoms. The van der Waals surface area contributed by atoms with Crippen molar-refractivity contribution in [2.45, 2.75) is 24.5 Å². The van der Waals surface area contributed by atoms with Gasteiger partial charge in [0.15, 0.2) is 0 Å². The number of rotatable bonds is 3. The number of aromatic nitrogens is 3. The third-order valence-electron chi connectivity index (χ3n) is 4.18. The van der Waals surface area contributed by atoms with E-state index in [0.29, 0.717) is 17.5 Å². The van der Waals surface area contributed by atoms with Crippen LogP contribution in [-0.4, -0.2) is 51.1 Å². The maximum Gasteiger partial charge on any atom is 0.275 e. The lowest BCUT2D eigenvalue weighted by molar-refractivity contribution is -0.0225. The van der Waals surface area contributed by atoms with Crippen LogP contribution in [0, 0.1) is 5.92 Å². The first kappa shape index (κ1) is 13.3. The number of aliphatic hydroxyl groups excluding tert-OH is 2. The number of hydrogen-bond acceptors (Lipinski definition) is 5. The Morgan fingerprint density at radius 2 is 2.30 bits per heavy atom. The molecule has 2 aromatic heterocycles. The van der Waals surface area contributed by atoms with Crippen LogP contribution in [0.2, 0.25) is 0 Å². The topological polar surface area (TPSA) is 111 Å². The molecule has 0 aliphatic heterocycles. The summed E-state index contributed by atoms with van der Waals surface area (Å²) in [5.74, 6) is -0.327. The number of hydrogen-bond donors (Lipinski definition) is 4. The van der Waals surface area contributed by atoms with Crippen molar-refractivity contribution >= 4 is 11.0 Å². The van der Waals surface area contributed by atoms with E-state index in [1.807, 2.05) is 0 Å². The quantitative estimate of drug-likeness (QED) is 0.617. The van der Waals surface area contributed by atoms with Gasteiger partial charge in [-0.15, -0.1) is 0 Å². The van der Waals surface area contributed by atoms with Crippen molar-refractivity contribution in [2.24, 2.45) is 5.92 Å². The monoisotopic (exact) mass is 279 g/mol. The van der Waals surface area contributed by atoms with Crippen molar-refractivity contribution in [2.75, 3.05) is 13.7 Å². The van der Waals surface area contributed by atoms with Crippen LogP contribution < -0.4 is 5.56 Å². The van der Waals surface area contributed by atoms with Crippen molar-refractivity contribution in [1.29, 1.82) is 0 Å². The Kier molecular flexibility index (Phi) is 3.33. The average molecular weight is 279 g/mol. The number of ether oxygens (including phenoxy) is 1. The van der Waals surface area contributed by atoms with Gasteiger partial charge < -0.3 is 24.9 Å². The van der Waals surface area contributed by atoms with Gasteiger partial charge in [0.2, 0.25) is 0 Å². The smallest absolute Gasteiger partial charge is 0.275 e. The van der Waals surface area contributed by atoms with Gasteiger partial charge in [0, 0.05) is 37.3 Å². The minimum Gasteiger partial charge on any atom is -0.396 e. The highest BCUT2D eigenvalue weighted by atomic mass is 16.5. The van der Waals surface area contributed by atoms with Gasteiger partial charge in [-0.3, -0.25) is 4.79 Å². The molecule has 1 saturated carbocycles. The highest BCUT2D eigenvalue weighted by Crippen LogP contribution is 2.41. The lowest BCUT2D eigenvalue weighted by atomic mass is 9.96. The molecule has 0 saturated heterocycles. The Balaban J connectivity index is 2.06. The van der Waals surface area contributed by atoms with Crippen molar-refractivity contribution in [1.82, 2.24) is 15.0 Å². The summed E-state index contributed by atoms with van der Waals surface area (Å²) in [6.45, 7) is -0.0894. The largest absolute Gasteiger partial charge is 0.396 e. The van der Waals surface area contributed by atoms with Crippen LogP contribution in [0.3, 0.4) is 0 Å². The fourth-order valence-electron chi connectivity index (χ4n) is 3.15. The van der Waals surface area contributed by atoms with E-state index >= 15 is 0 Å². The maximum atomic E-state index is 11.7. The van der Waals surface area contributed by atoms with E-state index in [1.54, 1.807) is 6.20 Å². The van der Waals surface area contributed by atoms with Gasteiger partial charge in [-0.2, -0.15) is 0 Å². The minimum atomic E-state index is -0.720. The van der Waals surface area contributed by atoms with Crippen LogP contribution in [0.4, 0.5) is 0 Å². The van der Waals surface area contributed by atoms with Crippen LogP contribution >= 0.6 is 0 Å². The summed E-state index contributed by atoms with van der Waals surface area (Å²) in [6.07, 6.45) is 2.56. The molecule has 0 amide bonds. The fraction of sp³-hybridized carbons (Fsp3) is 0.538. The second kappa shape index (κ2) is 5.01. The fourth-order valence-corrected chi connectivity index (χ4v) is 3.15. The van der Waals surface area contributed by atoms with Gasteiger partial charge in [0.05, 0.1) is 24.1 Å². The van der Waals surface area contributed by atoms with Gasteiger partial charge in [0.25, 0.3) is 5.56 Å². The second-order valence-electron chi connectivity index (χ2n) is 5.18. The van der Waals surface area contributed by atoms with Crippen LogP contribution in [0.25, 0.3) is 11.0 Å². The molecule has 0 aromatic carbocycles. The summed E-state index contributed by atoms with van der Waals surface area (Å²) >= 11 is 0. The molecule has 2 heterocycles. The lowest BCUT2D eigenvalue weighted by Crippen LogP contribution is -2.30. The third kappa shape index (κ3) is 1.86. The molecule has 4 N–H and O–H groups in total. The Bertz CT molecular complexity index is 665. The van der Waals surface area contributed by atoms with Gasteiger partial charge in [-0.25, -0.2) is 4.98 Å². The van der Waals surface area contributed by atoms with E-state index in [2.05, 4.69) is 15.0 Å². The molecular weight excluding hydrogens is 262 g/mol. The van der Waals surface area contributed by atoms with Gasteiger partial charge >= 0.3 is 0 Å². The number of aromatic amines is 2.